The molecule has 0 radical (unpaired) electrons. The molecule has 1 aromatic carbocycles. The zero-order chi connectivity index (χ0) is 15.0. The maximum Gasteiger partial charge on any atom is 0.280 e. The number of fused-ring (bicyclic) bond motifs is 1. The number of hydrogen-bond donors (Lipinski definition) is 0. The SMILES string of the molecule is Cc1nc(S(=O)(=O)Cl)cn1CC1CCCc2ccccc21. The molecule has 0 aliphatic heterocycles. The third-order valence-corrected chi connectivity index (χ3v) is 5.29. The monoisotopic (exact) mass is 324 g/mol. The maximum absolute atomic E-state index is 11.4. The van der Waals surface area contributed by atoms with Gasteiger partial charge in [0.25, 0.3) is 9.05 Å². The molecule has 1 heterocycles. The minimum Gasteiger partial charge on any atom is -0.333 e. The van der Waals surface area contributed by atoms with E-state index >= 15 is 0 Å². The summed E-state index contributed by atoms with van der Waals surface area (Å²) in [6, 6.07) is 8.48. The van der Waals surface area contributed by atoms with Gasteiger partial charge >= 0.3 is 0 Å². The highest BCUT2D eigenvalue weighted by Crippen LogP contribution is 2.33. The molecule has 0 N–H and O–H groups in total. The average molecular weight is 325 g/mol. The van der Waals surface area contributed by atoms with Crippen molar-refractivity contribution in [2.45, 2.75) is 43.7 Å². The lowest BCUT2D eigenvalue weighted by Crippen LogP contribution is -2.15. The Balaban J connectivity index is 1.90. The van der Waals surface area contributed by atoms with Gasteiger partial charge in [0.15, 0.2) is 5.03 Å². The lowest BCUT2D eigenvalue weighted by Gasteiger charge is -2.26. The largest absolute Gasteiger partial charge is 0.333 e. The van der Waals surface area contributed by atoms with Crippen molar-refractivity contribution in [3.63, 3.8) is 0 Å². The molecule has 1 atom stereocenters. The summed E-state index contributed by atoms with van der Waals surface area (Å²) in [5.74, 6) is 1.08. The molecule has 0 amide bonds. The van der Waals surface area contributed by atoms with Gasteiger partial charge in [-0.2, -0.15) is 0 Å². The van der Waals surface area contributed by atoms with Crippen LogP contribution in [0.1, 0.15) is 35.7 Å². The molecule has 0 saturated heterocycles. The van der Waals surface area contributed by atoms with Crippen LogP contribution in [0.15, 0.2) is 35.5 Å². The van der Waals surface area contributed by atoms with Gasteiger partial charge in [0.2, 0.25) is 0 Å². The van der Waals surface area contributed by atoms with E-state index in [1.54, 1.807) is 6.92 Å². The molecule has 21 heavy (non-hydrogen) atoms. The highest BCUT2D eigenvalue weighted by Gasteiger charge is 2.22. The normalized spacial score (nSPS) is 18.5. The van der Waals surface area contributed by atoms with E-state index in [9.17, 15) is 8.42 Å². The summed E-state index contributed by atoms with van der Waals surface area (Å²) in [6.07, 6.45) is 4.93. The van der Waals surface area contributed by atoms with E-state index in [1.165, 1.54) is 17.3 Å². The molecule has 3 rings (SSSR count). The zero-order valence-corrected chi connectivity index (χ0v) is 13.4. The van der Waals surface area contributed by atoms with E-state index < -0.39 is 9.05 Å². The molecule has 1 unspecified atom stereocenters. The molecular weight excluding hydrogens is 308 g/mol. The summed E-state index contributed by atoms with van der Waals surface area (Å²) >= 11 is 0. The predicted octanol–water partition coefficient (Wildman–Crippen LogP) is 3.24. The van der Waals surface area contributed by atoms with Gasteiger partial charge in [-0.3, -0.25) is 0 Å². The fourth-order valence-corrected chi connectivity index (χ4v) is 3.78. The van der Waals surface area contributed by atoms with E-state index in [4.69, 9.17) is 10.7 Å². The third-order valence-electron chi connectivity index (χ3n) is 4.11. The van der Waals surface area contributed by atoms with Crippen LogP contribution in [0.4, 0.5) is 0 Å². The summed E-state index contributed by atoms with van der Waals surface area (Å²) in [6.45, 7) is 2.54. The Hall–Kier alpha value is -1.33. The van der Waals surface area contributed by atoms with Crippen LogP contribution in [0.5, 0.6) is 0 Å². The summed E-state index contributed by atoms with van der Waals surface area (Å²) in [5, 5.41) is -0.0641. The first-order valence-electron chi connectivity index (χ1n) is 7.01. The van der Waals surface area contributed by atoms with Crippen molar-refractivity contribution >= 4 is 19.7 Å². The van der Waals surface area contributed by atoms with Crippen molar-refractivity contribution in [3.8, 4) is 0 Å². The third kappa shape index (κ3) is 2.99. The molecule has 0 spiro atoms. The van der Waals surface area contributed by atoms with E-state index in [0.29, 0.717) is 11.7 Å². The standard InChI is InChI=1S/C15H17ClN2O2S/c1-11-17-15(21(16,19)20)10-18(11)9-13-7-4-6-12-5-2-3-8-14(12)13/h2-3,5,8,10,13H,4,6-7,9H2,1H3. The predicted molar refractivity (Wildman–Crippen MR) is 82.1 cm³/mol. The molecule has 0 fully saturated rings. The Morgan fingerprint density at radius 1 is 1.38 bits per heavy atom. The fraction of sp³-hybridized carbons (Fsp3) is 0.400. The second-order valence-corrected chi connectivity index (χ2v) is 8.02. The van der Waals surface area contributed by atoms with E-state index in [-0.39, 0.29) is 5.03 Å². The zero-order valence-electron chi connectivity index (χ0n) is 11.8. The van der Waals surface area contributed by atoms with Crippen molar-refractivity contribution in [3.05, 3.63) is 47.4 Å². The summed E-state index contributed by atoms with van der Waals surface area (Å²) in [5.41, 5.74) is 2.77. The number of imidazole rings is 1. The molecule has 6 heteroatoms. The van der Waals surface area contributed by atoms with Crippen molar-refractivity contribution < 1.29 is 8.42 Å². The summed E-state index contributed by atoms with van der Waals surface area (Å²) in [4.78, 5) is 4.05. The fourth-order valence-electron chi connectivity index (χ4n) is 3.06. The number of aryl methyl sites for hydroxylation is 2. The minimum absolute atomic E-state index is 0.0641. The lowest BCUT2D eigenvalue weighted by molar-refractivity contribution is 0.477. The van der Waals surface area contributed by atoms with Crippen LogP contribution in [0.2, 0.25) is 0 Å². The number of hydrogen-bond acceptors (Lipinski definition) is 3. The lowest BCUT2D eigenvalue weighted by atomic mass is 9.83. The molecule has 1 aromatic heterocycles. The Bertz CT molecular complexity index is 768. The number of benzene rings is 1. The second kappa shape index (κ2) is 5.46. The summed E-state index contributed by atoms with van der Waals surface area (Å²) < 4.78 is 24.6. The Morgan fingerprint density at radius 2 is 2.14 bits per heavy atom. The Morgan fingerprint density at radius 3 is 2.86 bits per heavy atom. The van der Waals surface area contributed by atoms with Crippen LogP contribution in [0, 0.1) is 6.92 Å². The van der Waals surface area contributed by atoms with Gasteiger partial charge in [0, 0.05) is 29.3 Å². The molecule has 2 aromatic rings. The van der Waals surface area contributed by atoms with E-state index in [1.807, 2.05) is 4.57 Å². The van der Waals surface area contributed by atoms with Crippen molar-refractivity contribution in [2.24, 2.45) is 0 Å². The van der Waals surface area contributed by atoms with Crippen LogP contribution in [0.25, 0.3) is 0 Å². The molecule has 1 aliphatic rings. The van der Waals surface area contributed by atoms with E-state index in [2.05, 4.69) is 29.2 Å². The highest BCUT2D eigenvalue weighted by atomic mass is 35.7. The van der Waals surface area contributed by atoms with Gasteiger partial charge in [0.1, 0.15) is 5.82 Å². The van der Waals surface area contributed by atoms with E-state index in [0.717, 1.165) is 25.8 Å². The van der Waals surface area contributed by atoms with Gasteiger partial charge in [-0.15, -0.1) is 0 Å². The smallest absolute Gasteiger partial charge is 0.280 e. The quantitative estimate of drug-likeness (QED) is 0.814. The second-order valence-electron chi connectivity index (χ2n) is 5.50. The average Bonchev–Trinajstić information content (AvgIpc) is 2.81. The number of aromatic nitrogens is 2. The molecule has 4 nitrogen and oxygen atoms in total. The number of nitrogens with zero attached hydrogens (tertiary/aromatic N) is 2. The van der Waals surface area contributed by atoms with Crippen molar-refractivity contribution in [1.29, 1.82) is 0 Å². The molecule has 0 bridgehead atoms. The molecular formula is C15H17ClN2O2S. The number of rotatable bonds is 3. The Labute approximate surface area is 129 Å². The van der Waals surface area contributed by atoms with Crippen LogP contribution in [-0.2, 0) is 22.0 Å². The van der Waals surface area contributed by atoms with Gasteiger partial charge in [-0.1, -0.05) is 24.3 Å². The van der Waals surface area contributed by atoms with Crippen LogP contribution < -0.4 is 0 Å². The van der Waals surface area contributed by atoms with Crippen LogP contribution in [-0.4, -0.2) is 18.0 Å². The van der Waals surface area contributed by atoms with Crippen molar-refractivity contribution in [1.82, 2.24) is 9.55 Å². The van der Waals surface area contributed by atoms with Gasteiger partial charge in [-0.25, -0.2) is 13.4 Å². The van der Waals surface area contributed by atoms with Crippen LogP contribution in [0.3, 0.4) is 0 Å². The molecule has 112 valence electrons. The van der Waals surface area contributed by atoms with Crippen LogP contribution >= 0.6 is 10.7 Å². The topological polar surface area (TPSA) is 52.0 Å². The Kier molecular flexibility index (Phi) is 3.80. The highest BCUT2D eigenvalue weighted by molar-refractivity contribution is 8.13. The maximum atomic E-state index is 11.4. The molecule has 0 saturated carbocycles. The van der Waals surface area contributed by atoms with Gasteiger partial charge < -0.3 is 4.57 Å². The first kappa shape index (κ1) is 14.6. The first-order chi connectivity index (χ1) is 9.95. The number of halogens is 1. The first-order valence-corrected chi connectivity index (χ1v) is 9.32. The van der Waals surface area contributed by atoms with Gasteiger partial charge in [-0.05, 0) is 37.3 Å². The summed E-state index contributed by atoms with van der Waals surface area (Å²) in [7, 11) is 1.60. The van der Waals surface area contributed by atoms with Crippen molar-refractivity contribution in [2.75, 3.05) is 0 Å². The minimum atomic E-state index is -3.77. The van der Waals surface area contributed by atoms with Gasteiger partial charge in [0.05, 0.1) is 0 Å². The molecule has 1 aliphatic carbocycles.